The minimum Gasteiger partial charge on any atom is -0.328 e. The highest BCUT2D eigenvalue weighted by Gasteiger charge is 2.21. The van der Waals surface area contributed by atoms with E-state index < -0.39 is 20.6 Å². The van der Waals surface area contributed by atoms with Crippen molar-refractivity contribution in [2.24, 2.45) is 0 Å². The highest BCUT2D eigenvalue weighted by atomic mass is 32.2. The van der Waals surface area contributed by atoms with Gasteiger partial charge < -0.3 is 4.98 Å². The number of H-pyrrole nitrogens is 1. The first-order valence-corrected chi connectivity index (χ1v) is 5.42. The molecule has 1 aromatic heterocycles. The summed E-state index contributed by atoms with van der Waals surface area (Å²) in [6.07, 6.45) is 1.40. The van der Waals surface area contributed by atoms with Crippen molar-refractivity contribution in [3.8, 4) is 0 Å². The Hall–Kier alpha value is -1.10. The molecular weight excluding hydrogens is 190 g/mol. The minimum atomic E-state index is -3.45. The summed E-state index contributed by atoms with van der Waals surface area (Å²) in [5, 5.41) is -0.573. The third kappa shape index (κ3) is 1.80. The predicted molar refractivity (Wildman–Crippen MR) is 49.4 cm³/mol. The molecule has 0 atom stereocenters. The van der Waals surface area contributed by atoms with Gasteiger partial charge in [-0.25, -0.2) is 8.42 Å². The number of nitrogens with one attached hydrogen (secondary N) is 1. The quantitative estimate of drug-likeness (QED) is 0.760. The smallest absolute Gasteiger partial charge is 0.266 e. The molecule has 0 aliphatic rings. The average molecular weight is 201 g/mol. The summed E-state index contributed by atoms with van der Waals surface area (Å²) in [5.41, 5.74) is -0.559. The number of rotatable bonds is 2. The minimum absolute atomic E-state index is 0.162. The predicted octanol–water partition coefficient (Wildman–Crippen LogP) is 0.557. The first-order valence-electron chi connectivity index (χ1n) is 3.88. The molecule has 0 bridgehead atoms. The van der Waals surface area contributed by atoms with Gasteiger partial charge in [0.15, 0.2) is 9.84 Å². The molecule has 5 heteroatoms. The van der Waals surface area contributed by atoms with Crippen LogP contribution in [0.25, 0.3) is 0 Å². The Morgan fingerprint density at radius 2 is 2.00 bits per heavy atom. The second kappa shape index (κ2) is 3.33. The lowest BCUT2D eigenvalue weighted by molar-refractivity contribution is 0.586. The van der Waals surface area contributed by atoms with Gasteiger partial charge >= 0.3 is 0 Å². The van der Waals surface area contributed by atoms with Gasteiger partial charge in [-0.3, -0.25) is 4.79 Å². The van der Waals surface area contributed by atoms with Crippen molar-refractivity contribution in [1.29, 1.82) is 0 Å². The third-order valence-corrected chi connectivity index (χ3v) is 3.88. The molecule has 0 amide bonds. The topological polar surface area (TPSA) is 67.0 Å². The number of hydrogen-bond donors (Lipinski definition) is 1. The first-order chi connectivity index (χ1) is 5.96. The molecule has 0 aliphatic heterocycles. The Bertz CT molecular complexity index is 444. The van der Waals surface area contributed by atoms with Crippen LogP contribution in [0.5, 0.6) is 0 Å². The summed E-state index contributed by atoms with van der Waals surface area (Å²) in [5.74, 6) is 0. The van der Waals surface area contributed by atoms with Gasteiger partial charge in [0.1, 0.15) is 4.90 Å². The zero-order chi connectivity index (χ0) is 10.1. The summed E-state index contributed by atoms with van der Waals surface area (Å²) in [6.45, 7) is 3.09. The van der Waals surface area contributed by atoms with E-state index >= 15 is 0 Å². The fourth-order valence-corrected chi connectivity index (χ4v) is 1.98. The van der Waals surface area contributed by atoms with E-state index in [1.165, 1.54) is 18.3 Å². The molecule has 0 spiro atoms. The lowest BCUT2D eigenvalue weighted by atomic mass is 10.5. The molecule has 1 heterocycles. The van der Waals surface area contributed by atoms with Crippen LogP contribution in [0.1, 0.15) is 13.8 Å². The standard InChI is InChI=1S/C8H11NO3S/c1-6(2)13(11,12)7-4-3-5-9-8(7)10/h3-6H,1-2H3,(H,9,10). The lowest BCUT2D eigenvalue weighted by Gasteiger charge is -2.05. The van der Waals surface area contributed by atoms with Crippen LogP contribution in [0, 0.1) is 0 Å². The van der Waals surface area contributed by atoms with Gasteiger partial charge in [-0.15, -0.1) is 0 Å². The zero-order valence-corrected chi connectivity index (χ0v) is 8.26. The Balaban J connectivity index is 3.41. The molecule has 0 aromatic carbocycles. The second-order valence-electron chi connectivity index (χ2n) is 2.96. The van der Waals surface area contributed by atoms with E-state index in [-0.39, 0.29) is 4.90 Å². The van der Waals surface area contributed by atoms with Crippen molar-refractivity contribution in [3.05, 3.63) is 28.7 Å². The largest absolute Gasteiger partial charge is 0.328 e. The molecule has 0 fully saturated rings. The molecule has 13 heavy (non-hydrogen) atoms. The molecule has 1 rings (SSSR count). The monoisotopic (exact) mass is 201 g/mol. The number of aromatic amines is 1. The maximum atomic E-state index is 11.5. The summed E-state index contributed by atoms with van der Waals surface area (Å²) in [6, 6.07) is 2.81. The van der Waals surface area contributed by atoms with Crippen LogP contribution in [0.3, 0.4) is 0 Å². The Morgan fingerprint density at radius 3 is 2.46 bits per heavy atom. The van der Waals surface area contributed by atoms with E-state index in [1.54, 1.807) is 13.8 Å². The van der Waals surface area contributed by atoms with Crippen molar-refractivity contribution in [3.63, 3.8) is 0 Å². The number of hydrogen-bond acceptors (Lipinski definition) is 3. The first kappa shape index (κ1) is 9.98. The van der Waals surface area contributed by atoms with Crippen LogP contribution in [-0.4, -0.2) is 18.7 Å². The van der Waals surface area contributed by atoms with Crippen LogP contribution in [0.2, 0.25) is 0 Å². The van der Waals surface area contributed by atoms with E-state index in [0.29, 0.717) is 0 Å². The number of sulfone groups is 1. The van der Waals surface area contributed by atoms with Gasteiger partial charge in [0, 0.05) is 6.20 Å². The molecule has 72 valence electrons. The molecule has 0 saturated heterocycles. The van der Waals surface area contributed by atoms with E-state index in [2.05, 4.69) is 4.98 Å². The van der Waals surface area contributed by atoms with E-state index in [9.17, 15) is 13.2 Å². The van der Waals surface area contributed by atoms with E-state index in [1.807, 2.05) is 0 Å². The highest BCUT2D eigenvalue weighted by molar-refractivity contribution is 7.92. The maximum Gasteiger partial charge on any atom is 0.266 e. The van der Waals surface area contributed by atoms with Gasteiger partial charge in [-0.2, -0.15) is 0 Å². The van der Waals surface area contributed by atoms with Crippen LogP contribution in [0.15, 0.2) is 28.0 Å². The third-order valence-electron chi connectivity index (χ3n) is 1.71. The Labute approximate surface area is 76.5 Å². The van der Waals surface area contributed by atoms with Crippen molar-refractivity contribution in [1.82, 2.24) is 4.98 Å². The van der Waals surface area contributed by atoms with Gasteiger partial charge in [-0.1, -0.05) is 0 Å². The molecule has 1 N–H and O–H groups in total. The fourth-order valence-electron chi connectivity index (χ4n) is 0.884. The molecule has 0 radical (unpaired) electrons. The SMILES string of the molecule is CC(C)S(=O)(=O)c1ccc[nH]c1=O. The fraction of sp³-hybridized carbons (Fsp3) is 0.375. The lowest BCUT2D eigenvalue weighted by Crippen LogP contribution is -2.22. The maximum absolute atomic E-state index is 11.5. The van der Waals surface area contributed by atoms with Gasteiger partial charge in [0.2, 0.25) is 0 Å². The summed E-state index contributed by atoms with van der Waals surface area (Å²) in [7, 11) is -3.45. The Kier molecular flexibility index (Phi) is 2.56. The van der Waals surface area contributed by atoms with Gasteiger partial charge in [0.05, 0.1) is 5.25 Å². The second-order valence-corrected chi connectivity index (χ2v) is 5.43. The number of pyridine rings is 1. The highest BCUT2D eigenvalue weighted by Crippen LogP contribution is 2.09. The van der Waals surface area contributed by atoms with Crippen molar-refractivity contribution < 1.29 is 8.42 Å². The van der Waals surface area contributed by atoms with Crippen molar-refractivity contribution in [2.45, 2.75) is 24.0 Å². The van der Waals surface area contributed by atoms with Gasteiger partial charge in [0.25, 0.3) is 5.56 Å². The molecule has 0 aliphatic carbocycles. The van der Waals surface area contributed by atoms with Crippen LogP contribution in [-0.2, 0) is 9.84 Å². The Morgan fingerprint density at radius 1 is 1.38 bits per heavy atom. The molecule has 1 aromatic rings. The normalized spacial score (nSPS) is 11.9. The van der Waals surface area contributed by atoms with E-state index in [0.717, 1.165) is 0 Å². The summed E-state index contributed by atoms with van der Waals surface area (Å²) in [4.78, 5) is 13.3. The summed E-state index contributed by atoms with van der Waals surface area (Å²) >= 11 is 0. The molecular formula is C8H11NO3S. The van der Waals surface area contributed by atoms with Crippen LogP contribution >= 0.6 is 0 Å². The molecule has 0 unspecified atom stereocenters. The molecule has 4 nitrogen and oxygen atoms in total. The van der Waals surface area contributed by atoms with Crippen molar-refractivity contribution in [2.75, 3.05) is 0 Å². The molecule has 0 saturated carbocycles. The van der Waals surface area contributed by atoms with Gasteiger partial charge in [-0.05, 0) is 26.0 Å². The van der Waals surface area contributed by atoms with Crippen molar-refractivity contribution >= 4 is 9.84 Å². The van der Waals surface area contributed by atoms with E-state index in [4.69, 9.17) is 0 Å². The zero-order valence-electron chi connectivity index (χ0n) is 7.44. The summed E-state index contributed by atoms with van der Waals surface area (Å²) < 4.78 is 23.1. The number of aromatic nitrogens is 1. The average Bonchev–Trinajstić information content (AvgIpc) is 2.04. The van der Waals surface area contributed by atoms with Crippen LogP contribution < -0.4 is 5.56 Å². The van der Waals surface area contributed by atoms with Crippen LogP contribution in [0.4, 0.5) is 0 Å².